The molecule has 0 bridgehead atoms. The first kappa shape index (κ1) is 13.2. The molecule has 1 aromatic carbocycles. The van der Waals surface area contributed by atoms with Crippen LogP contribution in [-0.4, -0.2) is 32.2 Å². The minimum absolute atomic E-state index is 0.0795. The fourth-order valence-electron chi connectivity index (χ4n) is 1.88. The van der Waals surface area contributed by atoms with Gasteiger partial charge in [-0.05, 0) is 55.3 Å². The van der Waals surface area contributed by atoms with Crippen LogP contribution in [0, 0.1) is 13.8 Å². The monoisotopic (exact) mass is 259 g/mol. The van der Waals surface area contributed by atoms with Crippen LogP contribution in [0.3, 0.4) is 0 Å². The van der Waals surface area contributed by atoms with Crippen molar-refractivity contribution in [2.75, 3.05) is 0 Å². The summed E-state index contributed by atoms with van der Waals surface area (Å²) in [5.41, 5.74) is 3.38. The molecule has 1 N–H and O–H groups in total. The lowest BCUT2D eigenvalue weighted by molar-refractivity contribution is 0.0943. The van der Waals surface area contributed by atoms with E-state index in [1.165, 1.54) is 11.0 Å². The van der Waals surface area contributed by atoms with Gasteiger partial charge in [-0.1, -0.05) is 6.07 Å². The summed E-state index contributed by atoms with van der Waals surface area (Å²) >= 11 is 0. The fraction of sp³-hybridized carbons (Fsp3) is 0.385. The second-order valence-electron chi connectivity index (χ2n) is 4.79. The van der Waals surface area contributed by atoms with Gasteiger partial charge in [0.2, 0.25) is 0 Å². The summed E-state index contributed by atoms with van der Waals surface area (Å²) in [4.78, 5) is 12.2. The van der Waals surface area contributed by atoms with Crippen molar-refractivity contribution in [1.29, 1.82) is 0 Å². The van der Waals surface area contributed by atoms with Crippen molar-refractivity contribution in [3.63, 3.8) is 0 Å². The van der Waals surface area contributed by atoms with Gasteiger partial charge in [-0.3, -0.25) is 4.79 Å². The van der Waals surface area contributed by atoms with Crippen molar-refractivity contribution in [3.8, 4) is 5.69 Å². The minimum Gasteiger partial charge on any atom is -0.350 e. The van der Waals surface area contributed by atoms with Crippen LogP contribution in [0.1, 0.15) is 35.3 Å². The summed E-state index contributed by atoms with van der Waals surface area (Å²) in [6, 6.07) is 3.81. The number of tetrazole rings is 1. The van der Waals surface area contributed by atoms with E-state index in [0.717, 1.165) is 16.8 Å². The molecule has 6 heteroatoms. The second-order valence-corrected chi connectivity index (χ2v) is 4.79. The number of nitrogens with zero attached hydrogens (tertiary/aromatic N) is 4. The largest absolute Gasteiger partial charge is 0.350 e. The van der Waals surface area contributed by atoms with E-state index in [-0.39, 0.29) is 11.9 Å². The van der Waals surface area contributed by atoms with Crippen LogP contribution in [0.2, 0.25) is 0 Å². The Labute approximate surface area is 111 Å². The SMILES string of the molecule is Cc1ccc(C(=O)NC(C)C)c(-n2cnnn2)c1C. The summed E-state index contributed by atoms with van der Waals surface area (Å²) in [5.74, 6) is -0.122. The lowest BCUT2D eigenvalue weighted by atomic mass is 10.0. The molecule has 1 amide bonds. The van der Waals surface area contributed by atoms with Crippen molar-refractivity contribution in [3.05, 3.63) is 35.2 Å². The molecule has 19 heavy (non-hydrogen) atoms. The number of aromatic nitrogens is 4. The maximum Gasteiger partial charge on any atom is 0.253 e. The van der Waals surface area contributed by atoms with Gasteiger partial charge in [0, 0.05) is 6.04 Å². The molecule has 1 aromatic heterocycles. The van der Waals surface area contributed by atoms with Gasteiger partial charge in [0.1, 0.15) is 6.33 Å². The zero-order valence-corrected chi connectivity index (χ0v) is 11.5. The summed E-state index contributed by atoms with van der Waals surface area (Å²) in [6.45, 7) is 7.80. The number of carbonyl (C=O) groups excluding carboxylic acids is 1. The Bertz CT molecular complexity index is 589. The number of nitrogens with one attached hydrogen (secondary N) is 1. The molecule has 100 valence electrons. The molecule has 6 nitrogen and oxygen atoms in total. The molecule has 0 aliphatic rings. The third-order valence-corrected chi connectivity index (χ3v) is 2.94. The highest BCUT2D eigenvalue weighted by atomic mass is 16.1. The van der Waals surface area contributed by atoms with Gasteiger partial charge in [-0.25, -0.2) is 0 Å². The molecule has 0 spiro atoms. The summed E-state index contributed by atoms with van der Waals surface area (Å²) in [5, 5.41) is 14.0. The number of hydrogen-bond donors (Lipinski definition) is 1. The maximum absolute atomic E-state index is 12.2. The topological polar surface area (TPSA) is 72.7 Å². The first-order valence-corrected chi connectivity index (χ1v) is 6.15. The van der Waals surface area contributed by atoms with Crippen LogP contribution in [0.5, 0.6) is 0 Å². The van der Waals surface area contributed by atoms with E-state index < -0.39 is 0 Å². The molecule has 2 aromatic rings. The van der Waals surface area contributed by atoms with Crippen LogP contribution in [0.4, 0.5) is 0 Å². The number of hydrogen-bond acceptors (Lipinski definition) is 4. The molecule has 0 aliphatic heterocycles. The van der Waals surface area contributed by atoms with Gasteiger partial charge in [0.25, 0.3) is 5.91 Å². The third kappa shape index (κ3) is 2.62. The van der Waals surface area contributed by atoms with E-state index in [1.807, 2.05) is 33.8 Å². The van der Waals surface area contributed by atoms with Crippen molar-refractivity contribution in [2.24, 2.45) is 0 Å². The van der Waals surface area contributed by atoms with Crippen molar-refractivity contribution in [1.82, 2.24) is 25.5 Å². The maximum atomic E-state index is 12.2. The van der Waals surface area contributed by atoms with E-state index >= 15 is 0 Å². The van der Waals surface area contributed by atoms with E-state index in [2.05, 4.69) is 20.8 Å². The van der Waals surface area contributed by atoms with Crippen LogP contribution in [0.15, 0.2) is 18.5 Å². The smallest absolute Gasteiger partial charge is 0.253 e. The average Bonchev–Trinajstić information content (AvgIpc) is 2.84. The first-order chi connectivity index (χ1) is 9.00. The number of rotatable bonds is 3. The van der Waals surface area contributed by atoms with Crippen LogP contribution in [0.25, 0.3) is 5.69 Å². The average molecular weight is 259 g/mol. The van der Waals surface area contributed by atoms with Crippen LogP contribution >= 0.6 is 0 Å². The molecule has 0 unspecified atom stereocenters. The summed E-state index contributed by atoms with van der Waals surface area (Å²) in [7, 11) is 0. The molecule has 0 atom stereocenters. The lowest BCUT2D eigenvalue weighted by Gasteiger charge is -2.15. The highest BCUT2D eigenvalue weighted by molar-refractivity contribution is 5.98. The molecule has 0 fully saturated rings. The highest BCUT2D eigenvalue weighted by Crippen LogP contribution is 2.21. The Morgan fingerprint density at radius 3 is 2.63 bits per heavy atom. The summed E-state index contributed by atoms with van der Waals surface area (Å²) < 4.78 is 1.53. The van der Waals surface area contributed by atoms with Crippen LogP contribution < -0.4 is 5.32 Å². The highest BCUT2D eigenvalue weighted by Gasteiger charge is 2.17. The molecule has 1 heterocycles. The molecule has 0 saturated carbocycles. The predicted molar refractivity (Wildman–Crippen MR) is 71.2 cm³/mol. The van der Waals surface area contributed by atoms with Crippen LogP contribution in [-0.2, 0) is 0 Å². The number of amides is 1. The van der Waals surface area contributed by atoms with Crippen molar-refractivity contribution in [2.45, 2.75) is 33.7 Å². The first-order valence-electron chi connectivity index (χ1n) is 6.15. The van der Waals surface area contributed by atoms with E-state index in [1.54, 1.807) is 6.07 Å². The van der Waals surface area contributed by atoms with E-state index in [9.17, 15) is 4.79 Å². The Kier molecular flexibility index (Phi) is 3.59. The predicted octanol–water partition coefficient (Wildman–Crippen LogP) is 1.42. The zero-order valence-electron chi connectivity index (χ0n) is 11.5. The number of carbonyl (C=O) groups is 1. The van der Waals surface area contributed by atoms with Gasteiger partial charge >= 0.3 is 0 Å². The Balaban J connectivity index is 2.56. The normalized spacial score (nSPS) is 10.8. The molecular weight excluding hydrogens is 242 g/mol. The second kappa shape index (κ2) is 5.17. The summed E-state index contributed by atoms with van der Waals surface area (Å²) in [6.07, 6.45) is 1.49. The molecular formula is C13H17N5O. The van der Waals surface area contributed by atoms with Gasteiger partial charge in [-0.2, -0.15) is 4.68 Å². The Morgan fingerprint density at radius 2 is 2.05 bits per heavy atom. The standard InChI is InChI=1S/C13H17N5O/c1-8(2)15-13(19)11-6-5-9(3)10(4)12(11)18-7-14-16-17-18/h5-8H,1-4H3,(H,15,19). The molecule has 0 radical (unpaired) electrons. The lowest BCUT2D eigenvalue weighted by Crippen LogP contribution is -2.31. The number of aryl methyl sites for hydroxylation is 1. The van der Waals surface area contributed by atoms with Crippen molar-refractivity contribution < 1.29 is 4.79 Å². The van der Waals surface area contributed by atoms with Crippen molar-refractivity contribution >= 4 is 5.91 Å². The van der Waals surface area contributed by atoms with Gasteiger partial charge in [0.05, 0.1) is 11.3 Å². The number of benzene rings is 1. The molecule has 2 rings (SSSR count). The molecule has 0 aliphatic carbocycles. The quantitative estimate of drug-likeness (QED) is 0.904. The van der Waals surface area contributed by atoms with E-state index in [4.69, 9.17) is 0 Å². The minimum atomic E-state index is -0.122. The van der Waals surface area contributed by atoms with E-state index in [0.29, 0.717) is 5.56 Å². The fourth-order valence-corrected chi connectivity index (χ4v) is 1.88. The molecule has 0 saturated heterocycles. The zero-order chi connectivity index (χ0) is 14.0. The van der Waals surface area contributed by atoms with Gasteiger partial charge in [-0.15, -0.1) is 5.10 Å². The Morgan fingerprint density at radius 1 is 1.32 bits per heavy atom. The Hall–Kier alpha value is -2.24. The third-order valence-electron chi connectivity index (χ3n) is 2.94. The van der Waals surface area contributed by atoms with Gasteiger partial charge < -0.3 is 5.32 Å². The van der Waals surface area contributed by atoms with Gasteiger partial charge in [0.15, 0.2) is 0 Å².